The molecule has 0 saturated heterocycles. The smallest absolute Gasteiger partial charge is 0.241 e. The van der Waals surface area contributed by atoms with E-state index in [1.54, 1.807) is 38.5 Å². The number of halogens is 1. The number of ether oxygens (including phenoxy) is 2. The minimum Gasteiger partial charge on any atom is -0.497 e. The maximum Gasteiger partial charge on any atom is 0.241 e. The lowest BCUT2D eigenvalue weighted by Crippen LogP contribution is -2.30. The Kier molecular flexibility index (Phi) is 7.15. The number of hydrogen-bond acceptors (Lipinski definition) is 4. The van der Waals surface area contributed by atoms with Gasteiger partial charge in [0.15, 0.2) is 0 Å². The van der Waals surface area contributed by atoms with Crippen LogP contribution in [0.2, 0.25) is 0 Å². The van der Waals surface area contributed by atoms with Crippen LogP contribution in [0.3, 0.4) is 0 Å². The van der Waals surface area contributed by atoms with Crippen molar-refractivity contribution in [1.82, 2.24) is 4.72 Å². The maximum atomic E-state index is 13.0. The fraction of sp³-hybridized carbons (Fsp3) is 0.182. The lowest BCUT2D eigenvalue weighted by molar-refractivity contribution is 0.414. The monoisotopic (exact) mass is 523 g/mol. The van der Waals surface area contributed by atoms with Gasteiger partial charge in [-0.05, 0) is 88.7 Å². The molecule has 1 unspecified atom stereocenters. The Morgan fingerprint density at radius 2 is 1.34 bits per heavy atom. The average molecular weight is 523 g/mol. The van der Waals surface area contributed by atoms with Crippen molar-refractivity contribution in [3.8, 4) is 11.5 Å². The van der Waals surface area contributed by atoms with Crippen LogP contribution in [0.25, 0.3) is 0 Å². The third kappa shape index (κ3) is 5.71. The molecular weight excluding hydrogens is 501 g/mol. The summed E-state index contributed by atoms with van der Waals surface area (Å²) in [4.78, 5) is 0.242. The third-order valence-corrected chi connectivity index (χ3v) is 6.75. The normalized spacial score (nSPS) is 12.4. The number of nitrogens with one attached hydrogen (secondary N) is 1. The van der Waals surface area contributed by atoms with E-state index in [0.717, 1.165) is 26.2 Å². The first kappa shape index (κ1) is 21.6. The van der Waals surface area contributed by atoms with Crippen molar-refractivity contribution in [3.05, 3.63) is 87.5 Å². The summed E-state index contributed by atoms with van der Waals surface area (Å²) in [5, 5.41) is 0. The molecule has 1 N–H and O–H groups in total. The zero-order valence-corrected chi connectivity index (χ0v) is 19.1. The zero-order chi connectivity index (χ0) is 20.9. The summed E-state index contributed by atoms with van der Waals surface area (Å²) in [5.41, 5.74) is 1.85. The highest BCUT2D eigenvalue weighted by atomic mass is 127. The van der Waals surface area contributed by atoms with Gasteiger partial charge in [0.2, 0.25) is 10.0 Å². The summed E-state index contributed by atoms with van der Waals surface area (Å²) in [7, 11) is -0.466. The molecule has 3 aromatic rings. The molecule has 1 atom stereocenters. The molecule has 0 aliphatic carbocycles. The van der Waals surface area contributed by atoms with Gasteiger partial charge in [-0.2, -0.15) is 0 Å². The minimum atomic E-state index is -3.68. The Hall–Kier alpha value is -2.10. The number of hydrogen-bond donors (Lipinski definition) is 1. The summed E-state index contributed by atoms with van der Waals surface area (Å²) < 4.78 is 40.2. The summed E-state index contributed by atoms with van der Waals surface area (Å²) in [6.07, 6.45) is 0.500. The number of methoxy groups -OCH3 is 2. The SMILES string of the molecule is COc1ccc(CC(NS(=O)(=O)c2ccc(I)cc2)c2ccc(OC)cc2)cc1. The quantitative estimate of drug-likeness (QED) is 0.440. The Balaban J connectivity index is 1.91. The van der Waals surface area contributed by atoms with Crippen molar-refractivity contribution >= 4 is 32.6 Å². The van der Waals surface area contributed by atoms with Gasteiger partial charge >= 0.3 is 0 Å². The second-order valence-electron chi connectivity index (χ2n) is 6.45. The molecule has 3 rings (SSSR count). The van der Waals surface area contributed by atoms with E-state index in [4.69, 9.17) is 9.47 Å². The van der Waals surface area contributed by atoms with Gasteiger partial charge in [0, 0.05) is 3.57 Å². The van der Waals surface area contributed by atoms with E-state index in [-0.39, 0.29) is 4.90 Å². The standard InChI is InChI=1S/C22H22INO4S/c1-27-19-9-3-16(4-10-19)15-22(17-5-11-20(28-2)12-6-17)24-29(25,26)21-13-7-18(23)8-14-21/h3-14,22,24H,15H2,1-2H3. The number of benzene rings is 3. The largest absolute Gasteiger partial charge is 0.497 e. The van der Waals surface area contributed by atoms with Gasteiger partial charge in [0.25, 0.3) is 0 Å². The predicted octanol–water partition coefficient (Wildman–Crippen LogP) is 4.57. The van der Waals surface area contributed by atoms with Crippen LogP contribution in [0.15, 0.2) is 77.7 Å². The van der Waals surface area contributed by atoms with Crippen LogP contribution in [0, 0.1) is 3.57 Å². The van der Waals surface area contributed by atoms with Crippen LogP contribution in [0.4, 0.5) is 0 Å². The molecule has 0 heterocycles. The molecule has 0 bridgehead atoms. The van der Waals surface area contributed by atoms with E-state index in [1.807, 2.05) is 48.5 Å². The van der Waals surface area contributed by atoms with Crippen molar-refractivity contribution < 1.29 is 17.9 Å². The molecule has 0 radical (unpaired) electrons. The van der Waals surface area contributed by atoms with Crippen LogP contribution in [0.1, 0.15) is 17.2 Å². The molecule has 0 aromatic heterocycles. The van der Waals surface area contributed by atoms with Crippen LogP contribution in [-0.2, 0) is 16.4 Å². The first-order chi connectivity index (χ1) is 13.9. The second kappa shape index (κ2) is 9.60. The fourth-order valence-corrected chi connectivity index (χ4v) is 4.51. The van der Waals surface area contributed by atoms with Gasteiger partial charge in [-0.15, -0.1) is 0 Å². The first-order valence-electron chi connectivity index (χ1n) is 8.96. The topological polar surface area (TPSA) is 64.6 Å². The van der Waals surface area contributed by atoms with E-state index in [2.05, 4.69) is 27.3 Å². The van der Waals surface area contributed by atoms with Crippen LogP contribution in [-0.4, -0.2) is 22.6 Å². The van der Waals surface area contributed by atoms with Crippen molar-refractivity contribution in [2.75, 3.05) is 14.2 Å². The van der Waals surface area contributed by atoms with Gasteiger partial charge in [-0.3, -0.25) is 0 Å². The molecule has 5 nitrogen and oxygen atoms in total. The summed E-state index contributed by atoms with van der Waals surface area (Å²) in [5.74, 6) is 1.48. The number of sulfonamides is 1. The van der Waals surface area contributed by atoms with Crippen molar-refractivity contribution in [2.24, 2.45) is 0 Å². The van der Waals surface area contributed by atoms with Gasteiger partial charge in [-0.25, -0.2) is 13.1 Å². The van der Waals surface area contributed by atoms with Gasteiger partial charge in [0.05, 0.1) is 25.2 Å². The number of rotatable bonds is 8. The summed E-state index contributed by atoms with van der Waals surface area (Å²) in [6.45, 7) is 0. The molecule has 29 heavy (non-hydrogen) atoms. The molecular formula is C22H22INO4S. The summed E-state index contributed by atoms with van der Waals surface area (Å²) >= 11 is 2.15. The highest BCUT2D eigenvalue weighted by molar-refractivity contribution is 14.1. The van der Waals surface area contributed by atoms with Crippen LogP contribution in [0.5, 0.6) is 11.5 Å². The Bertz CT molecular complexity index is 1030. The molecule has 152 valence electrons. The molecule has 0 amide bonds. The molecule has 0 aliphatic rings. The van der Waals surface area contributed by atoms with Gasteiger partial charge in [-0.1, -0.05) is 24.3 Å². The Labute approximate surface area is 185 Å². The first-order valence-corrected chi connectivity index (χ1v) is 11.5. The third-order valence-electron chi connectivity index (χ3n) is 4.54. The maximum absolute atomic E-state index is 13.0. The Morgan fingerprint density at radius 1 is 0.828 bits per heavy atom. The second-order valence-corrected chi connectivity index (χ2v) is 9.41. The van der Waals surface area contributed by atoms with Crippen molar-refractivity contribution in [3.63, 3.8) is 0 Å². The molecule has 0 fully saturated rings. The molecule has 0 spiro atoms. The summed E-state index contributed by atoms with van der Waals surface area (Å²) in [6, 6.07) is 21.4. The molecule has 0 aliphatic heterocycles. The van der Waals surface area contributed by atoms with Crippen molar-refractivity contribution in [1.29, 1.82) is 0 Å². The fourth-order valence-electron chi connectivity index (χ4n) is 2.93. The minimum absolute atomic E-state index is 0.242. The Morgan fingerprint density at radius 3 is 1.86 bits per heavy atom. The lowest BCUT2D eigenvalue weighted by atomic mass is 9.99. The highest BCUT2D eigenvalue weighted by Crippen LogP contribution is 2.25. The molecule has 3 aromatic carbocycles. The highest BCUT2D eigenvalue weighted by Gasteiger charge is 2.22. The van der Waals surface area contributed by atoms with Gasteiger partial charge < -0.3 is 9.47 Å². The van der Waals surface area contributed by atoms with E-state index in [1.165, 1.54) is 0 Å². The molecule has 0 saturated carbocycles. The zero-order valence-electron chi connectivity index (χ0n) is 16.1. The molecule has 7 heteroatoms. The van der Waals surface area contributed by atoms with Crippen molar-refractivity contribution in [2.45, 2.75) is 17.4 Å². The van der Waals surface area contributed by atoms with E-state index >= 15 is 0 Å². The van der Waals surface area contributed by atoms with Crippen LogP contribution < -0.4 is 14.2 Å². The van der Waals surface area contributed by atoms with Crippen LogP contribution >= 0.6 is 22.6 Å². The van der Waals surface area contributed by atoms with Gasteiger partial charge in [0.1, 0.15) is 11.5 Å². The lowest BCUT2D eigenvalue weighted by Gasteiger charge is -2.20. The van der Waals surface area contributed by atoms with E-state index in [9.17, 15) is 8.42 Å². The average Bonchev–Trinajstić information content (AvgIpc) is 2.74. The van der Waals surface area contributed by atoms with E-state index in [0.29, 0.717) is 6.42 Å². The van der Waals surface area contributed by atoms with E-state index < -0.39 is 16.1 Å². The predicted molar refractivity (Wildman–Crippen MR) is 122 cm³/mol.